The van der Waals surface area contributed by atoms with Crippen LogP contribution in [0.5, 0.6) is 5.75 Å². The van der Waals surface area contributed by atoms with Crippen LogP contribution in [0, 0.1) is 13.8 Å². The Morgan fingerprint density at radius 3 is 2.56 bits per heavy atom. The van der Waals surface area contributed by atoms with Gasteiger partial charge in [0, 0.05) is 6.92 Å². The van der Waals surface area contributed by atoms with E-state index in [9.17, 15) is 13.2 Å². The number of hydrogen-bond donors (Lipinski definition) is 1. The molecule has 0 unspecified atom stereocenters. The van der Waals surface area contributed by atoms with E-state index in [0.29, 0.717) is 23.7 Å². The number of rotatable bonds is 3. The minimum atomic E-state index is -3.81. The van der Waals surface area contributed by atoms with Gasteiger partial charge in [0.2, 0.25) is 5.91 Å². The first-order valence-corrected chi connectivity index (χ1v) is 10.2. The molecular weight excluding hydrogens is 364 g/mol. The van der Waals surface area contributed by atoms with Crippen LogP contribution >= 0.6 is 0 Å². The summed E-state index contributed by atoms with van der Waals surface area (Å²) >= 11 is 0. The second kappa shape index (κ2) is 6.56. The second-order valence-corrected chi connectivity index (χ2v) is 9.13. The molecule has 2 aromatic rings. The van der Waals surface area contributed by atoms with Crippen molar-refractivity contribution in [3.63, 3.8) is 0 Å². The number of carbonyl (C=O) groups is 1. The maximum Gasteiger partial charge on any atom is 0.261 e. The van der Waals surface area contributed by atoms with Gasteiger partial charge in [-0.3, -0.25) is 9.52 Å². The minimum absolute atomic E-state index is 0.0803. The average Bonchev–Trinajstić information content (AvgIpc) is 2.56. The third-order valence-electron chi connectivity index (χ3n) is 4.69. The largest absolute Gasteiger partial charge is 0.484 e. The third kappa shape index (κ3) is 3.78. The summed E-state index contributed by atoms with van der Waals surface area (Å²) in [7, 11) is -3.81. The number of ether oxygens (including phenoxy) is 1. The average molecular weight is 388 g/mol. The van der Waals surface area contributed by atoms with Crippen molar-refractivity contribution in [1.29, 1.82) is 0 Å². The standard InChI is InChI=1S/C20H24N2O4S/c1-13-7-6-8-17(14(13)2)21-27(24,25)16-9-10-19-18(11-16)22(15(3)23)12-20(4,5)26-19/h6-11,21H,12H2,1-5H3. The van der Waals surface area contributed by atoms with Gasteiger partial charge in [0.25, 0.3) is 10.0 Å². The number of fused-ring (bicyclic) bond motifs is 1. The minimum Gasteiger partial charge on any atom is -0.484 e. The fourth-order valence-electron chi connectivity index (χ4n) is 3.10. The topological polar surface area (TPSA) is 75.7 Å². The van der Waals surface area contributed by atoms with Gasteiger partial charge in [-0.15, -0.1) is 0 Å². The van der Waals surface area contributed by atoms with E-state index in [1.165, 1.54) is 19.1 Å². The summed E-state index contributed by atoms with van der Waals surface area (Å²) in [4.78, 5) is 13.7. The highest BCUT2D eigenvalue weighted by atomic mass is 32.2. The van der Waals surface area contributed by atoms with Gasteiger partial charge in [0.05, 0.1) is 22.8 Å². The quantitative estimate of drug-likeness (QED) is 0.871. The normalized spacial score (nSPS) is 15.7. The zero-order valence-electron chi connectivity index (χ0n) is 16.2. The molecule has 0 spiro atoms. The molecule has 2 aromatic carbocycles. The Balaban J connectivity index is 2.02. The van der Waals surface area contributed by atoms with Crippen LogP contribution in [-0.4, -0.2) is 26.5 Å². The summed E-state index contributed by atoms with van der Waals surface area (Å²) in [5.41, 5.74) is 2.32. The SMILES string of the molecule is CC(=O)N1CC(C)(C)Oc2ccc(S(=O)(=O)Nc3cccc(C)c3C)cc21. The van der Waals surface area contributed by atoms with Crippen molar-refractivity contribution in [3.05, 3.63) is 47.5 Å². The number of anilines is 2. The first kappa shape index (κ1) is 19.2. The summed E-state index contributed by atoms with van der Waals surface area (Å²) in [5, 5.41) is 0. The van der Waals surface area contributed by atoms with Crippen molar-refractivity contribution in [2.24, 2.45) is 0 Å². The highest BCUT2D eigenvalue weighted by molar-refractivity contribution is 7.92. The molecule has 0 radical (unpaired) electrons. The van der Waals surface area contributed by atoms with E-state index < -0.39 is 15.6 Å². The summed E-state index contributed by atoms with van der Waals surface area (Å²) in [5.74, 6) is 0.330. The smallest absolute Gasteiger partial charge is 0.261 e. The van der Waals surface area contributed by atoms with E-state index >= 15 is 0 Å². The number of hydrogen-bond acceptors (Lipinski definition) is 4. The molecule has 1 amide bonds. The van der Waals surface area contributed by atoms with Crippen molar-refractivity contribution in [2.75, 3.05) is 16.2 Å². The molecule has 0 fully saturated rings. The number of nitrogens with one attached hydrogen (secondary N) is 1. The van der Waals surface area contributed by atoms with Crippen LogP contribution in [0.25, 0.3) is 0 Å². The lowest BCUT2D eigenvalue weighted by Gasteiger charge is -2.39. The van der Waals surface area contributed by atoms with E-state index in [0.717, 1.165) is 11.1 Å². The van der Waals surface area contributed by atoms with Crippen LogP contribution < -0.4 is 14.4 Å². The Morgan fingerprint density at radius 2 is 1.89 bits per heavy atom. The number of amides is 1. The molecule has 1 N–H and O–H groups in total. The molecule has 0 aromatic heterocycles. The van der Waals surface area contributed by atoms with Crippen LogP contribution in [0.2, 0.25) is 0 Å². The van der Waals surface area contributed by atoms with Crippen molar-refractivity contribution in [3.8, 4) is 5.75 Å². The van der Waals surface area contributed by atoms with E-state index in [1.807, 2.05) is 33.8 Å². The monoisotopic (exact) mass is 388 g/mol. The van der Waals surface area contributed by atoms with Crippen LogP contribution in [0.3, 0.4) is 0 Å². The summed E-state index contributed by atoms with van der Waals surface area (Å²) in [6.07, 6.45) is 0. The van der Waals surface area contributed by atoms with Gasteiger partial charge in [-0.05, 0) is 63.1 Å². The van der Waals surface area contributed by atoms with Crippen molar-refractivity contribution in [1.82, 2.24) is 0 Å². The molecule has 1 aliphatic rings. The molecule has 7 heteroatoms. The van der Waals surface area contributed by atoms with E-state index in [2.05, 4.69) is 4.72 Å². The first-order valence-electron chi connectivity index (χ1n) is 8.70. The predicted molar refractivity (Wildman–Crippen MR) is 106 cm³/mol. The molecule has 1 heterocycles. The Kier molecular flexibility index (Phi) is 4.67. The molecule has 0 aliphatic carbocycles. The maximum atomic E-state index is 12.9. The number of sulfonamides is 1. The molecule has 27 heavy (non-hydrogen) atoms. The zero-order chi connectivity index (χ0) is 20.0. The predicted octanol–water partition coefficient (Wildman–Crippen LogP) is 3.63. The number of carbonyl (C=O) groups excluding carboxylic acids is 1. The lowest BCUT2D eigenvalue weighted by atomic mass is 10.1. The molecule has 6 nitrogen and oxygen atoms in total. The second-order valence-electron chi connectivity index (χ2n) is 7.45. The van der Waals surface area contributed by atoms with Gasteiger partial charge in [-0.25, -0.2) is 8.42 Å². The molecule has 3 rings (SSSR count). The van der Waals surface area contributed by atoms with Gasteiger partial charge in [0.1, 0.15) is 11.4 Å². The lowest BCUT2D eigenvalue weighted by molar-refractivity contribution is -0.117. The molecule has 144 valence electrons. The molecule has 0 atom stereocenters. The van der Waals surface area contributed by atoms with E-state index in [1.54, 1.807) is 23.1 Å². The molecular formula is C20H24N2O4S. The third-order valence-corrected chi connectivity index (χ3v) is 6.05. The van der Waals surface area contributed by atoms with E-state index in [-0.39, 0.29) is 10.8 Å². The Labute approximate surface area is 160 Å². The zero-order valence-corrected chi connectivity index (χ0v) is 17.0. The van der Waals surface area contributed by atoms with Crippen LogP contribution in [0.4, 0.5) is 11.4 Å². The highest BCUT2D eigenvalue weighted by Gasteiger charge is 2.34. The van der Waals surface area contributed by atoms with Gasteiger partial charge >= 0.3 is 0 Å². The Hall–Kier alpha value is -2.54. The molecule has 1 aliphatic heterocycles. The van der Waals surface area contributed by atoms with Crippen LogP contribution in [0.15, 0.2) is 41.3 Å². The summed E-state index contributed by atoms with van der Waals surface area (Å²) in [6, 6.07) is 10.0. The van der Waals surface area contributed by atoms with Gasteiger partial charge in [0.15, 0.2) is 0 Å². The highest BCUT2D eigenvalue weighted by Crippen LogP contribution is 2.39. The molecule has 0 bridgehead atoms. The number of nitrogens with zero attached hydrogens (tertiary/aromatic N) is 1. The number of benzene rings is 2. The van der Waals surface area contributed by atoms with Crippen molar-refractivity contribution < 1.29 is 17.9 Å². The summed E-state index contributed by atoms with van der Waals surface area (Å²) in [6.45, 7) is 9.38. The molecule has 0 saturated heterocycles. The maximum absolute atomic E-state index is 12.9. The fourth-order valence-corrected chi connectivity index (χ4v) is 4.25. The van der Waals surface area contributed by atoms with Crippen molar-refractivity contribution >= 4 is 27.3 Å². The first-order chi connectivity index (χ1) is 12.5. The van der Waals surface area contributed by atoms with Gasteiger partial charge in [-0.2, -0.15) is 0 Å². The number of aryl methyl sites for hydroxylation is 1. The summed E-state index contributed by atoms with van der Waals surface area (Å²) < 4.78 is 34.3. The van der Waals surface area contributed by atoms with Crippen LogP contribution in [-0.2, 0) is 14.8 Å². The van der Waals surface area contributed by atoms with Crippen molar-refractivity contribution in [2.45, 2.75) is 45.1 Å². The lowest BCUT2D eigenvalue weighted by Crippen LogP contribution is -2.48. The van der Waals surface area contributed by atoms with Crippen LogP contribution in [0.1, 0.15) is 31.9 Å². The van der Waals surface area contributed by atoms with Gasteiger partial charge in [-0.1, -0.05) is 12.1 Å². The Bertz CT molecular complexity index is 1010. The Morgan fingerprint density at radius 1 is 1.19 bits per heavy atom. The molecule has 0 saturated carbocycles. The fraction of sp³-hybridized carbons (Fsp3) is 0.350. The van der Waals surface area contributed by atoms with Gasteiger partial charge < -0.3 is 9.64 Å². The van der Waals surface area contributed by atoms with E-state index in [4.69, 9.17) is 4.74 Å².